The Balaban J connectivity index is 2.66. The van der Waals surface area contributed by atoms with Gasteiger partial charge in [0.2, 0.25) is 5.91 Å². The van der Waals surface area contributed by atoms with Gasteiger partial charge < -0.3 is 10.4 Å². The van der Waals surface area contributed by atoms with E-state index < -0.39 is 5.54 Å². The monoisotopic (exact) mass is 325 g/mol. The summed E-state index contributed by atoms with van der Waals surface area (Å²) in [5, 5.41) is 12.3. The van der Waals surface area contributed by atoms with Gasteiger partial charge in [-0.15, -0.1) is 0 Å². The van der Waals surface area contributed by atoms with Gasteiger partial charge in [0.25, 0.3) is 0 Å². The zero-order valence-corrected chi connectivity index (χ0v) is 12.9. The third-order valence-electron chi connectivity index (χ3n) is 3.34. The Hall–Kier alpha value is -1.13. The highest BCUT2D eigenvalue weighted by molar-refractivity contribution is 9.10. The molecule has 2 N–H and O–H groups in total. The number of carbonyl (C=O) groups is 1. The lowest BCUT2D eigenvalue weighted by atomic mass is 9.94. The molecule has 1 aromatic rings. The van der Waals surface area contributed by atoms with E-state index in [1.807, 2.05) is 38.1 Å². The van der Waals surface area contributed by atoms with Gasteiger partial charge in [-0.2, -0.15) is 0 Å². The number of benzene rings is 1. The molecule has 1 rings (SSSR count). The zero-order valence-electron chi connectivity index (χ0n) is 11.3. The van der Waals surface area contributed by atoms with Crippen LogP contribution in [-0.2, 0) is 4.79 Å². The van der Waals surface area contributed by atoms with Crippen LogP contribution in [-0.4, -0.2) is 23.2 Å². The van der Waals surface area contributed by atoms with E-state index in [4.69, 9.17) is 0 Å². The van der Waals surface area contributed by atoms with Gasteiger partial charge in [-0.05, 0) is 36.6 Å². The average molecular weight is 326 g/mol. The largest absolute Gasteiger partial charge is 0.394 e. The van der Waals surface area contributed by atoms with Crippen LogP contribution >= 0.6 is 15.9 Å². The van der Waals surface area contributed by atoms with Crippen LogP contribution in [0.3, 0.4) is 0 Å². The van der Waals surface area contributed by atoms with E-state index in [9.17, 15) is 9.90 Å². The zero-order chi connectivity index (χ0) is 14.3. The van der Waals surface area contributed by atoms with Crippen LogP contribution in [0.4, 0.5) is 0 Å². The maximum absolute atomic E-state index is 11.9. The smallest absolute Gasteiger partial charge is 0.244 e. The molecule has 0 saturated carbocycles. The van der Waals surface area contributed by atoms with Crippen LogP contribution in [0.1, 0.15) is 32.3 Å². The van der Waals surface area contributed by atoms with Crippen molar-refractivity contribution in [3.63, 3.8) is 0 Å². The predicted molar refractivity (Wildman–Crippen MR) is 81.7 cm³/mol. The van der Waals surface area contributed by atoms with Gasteiger partial charge >= 0.3 is 0 Å². The van der Waals surface area contributed by atoms with Crippen LogP contribution < -0.4 is 5.32 Å². The second-order valence-electron chi connectivity index (χ2n) is 4.52. The van der Waals surface area contributed by atoms with Gasteiger partial charge in [0.05, 0.1) is 12.1 Å². The first kappa shape index (κ1) is 15.9. The molecule has 0 aromatic heterocycles. The van der Waals surface area contributed by atoms with E-state index >= 15 is 0 Å². The highest BCUT2D eigenvalue weighted by Crippen LogP contribution is 2.14. The molecule has 0 aliphatic rings. The van der Waals surface area contributed by atoms with Crippen molar-refractivity contribution in [1.82, 2.24) is 5.32 Å². The number of aliphatic hydroxyl groups excluding tert-OH is 1. The van der Waals surface area contributed by atoms with Gasteiger partial charge in [-0.25, -0.2) is 0 Å². The third-order valence-corrected chi connectivity index (χ3v) is 3.87. The fourth-order valence-electron chi connectivity index (χ4n) is 1.74. The maximum Gasteiger partial charge on any atom is 0.244 e. The summed E-state index contributed by atoms with van der Waals surface area (Å²) in [5.41, 5.74) is 0.446. The van der Waals surface area contributed by atoms with Gasteiger partial charge in [0.15, 0.2) is 0 Å². The Morgan fingerprint density at radius 1 is 1.32 bits per heavy atom. The van der Waals surface area contributed by atoms with Crippen molar-refractivity contribution in [1.29, 1.82) is 0 Å². The molecule has 19 heavy (non-hydrogen) atoms. The molecule has 0 atom stereocenters. The number of nitrogens with one attached hydrogen (secondary N) is 1. The number of carbonyl (C=O) groups excluding carboxylic acids is 1. The third kappa shape index (κ3) is 4.80. The highest BCUT2D eigenvalue weighted by Gasteiger charge is 2.26. The average Bonchev–Trinajstić information content (AvgIpc) is 2.44. The van der Waals surface area contributed by atoms with Gasteiger partial charge in [0.1, 0.15) is 0 Å². The van der Waals surface area contributed by atoms with E-state index in [0.29, 0.717) is 12.8 Å². The van der Waals surface area contributed by atoms with Gasteiger partial charge in [0, 0.05) is 10.5 Å². The van der Waals surface area contributed by atoms with Crippen molar-refractivity contribution >= 4 is 27.9 Å². The summed E-state index contributed by atoms with van der Waals surface area (Å²) in [6.45, 7) is 3.87. The Morgan fingerprint density at radius 3 is 2.37 bits per heavy atom. The number of hydrogen-bond acceptors (Lipinski definition) is 2. The van der Waals surface area contributed by atoms with Crippen molar-refractivity contribution in [3.8, 4) is 0 Å². The first-order chi connectivity index (χ1) is 9.05. The lowest BCUT2D eigenvalue weighted by molar-refractivity contribution is -0.119. The molecule has 3 nitrogen and oxygen atoms in total. The summed E-state index contributed by atoms with van der Waals surface area (Å²) in [6, 6.07) is 7.70. The first-order valence-corrected chi connectivity index (χ1v) is 7.21. The summed E-state index contributed by atoms with van der Waals surface area (Å²) in [7, 11) is 0. The highest BCUT2D eigenvalue weighted by atomic mass is 79.9. The number of rotatable bonds is 6. The van der Waals surface area contributed by atoms with Crippen molar-refractivity contribution in [2.75, 3.05) is 6.61 Å². The minimum Gasteiger partial charge on any atom is -0.394 e. The lowest BCUT2D eigenvalue weighted by Gasteiger charge is -2.30. The van der Waals surface area contributed by atoms with E-state index in [2.05, 4.69) is 21.2 Å². The molecule has 0 fully saturated rings. The quantitative estimate of drug-likeness (QED) is 0.789. The number of amides is 1. The van der Waals surface area contributed by atoms with Crippen LogP contribution in [0.2, 0.25) is 0 Å². The SMILES string of the molecule is CCC(CC)(CO)NC(=O)C=Cc1ccc(Br)cc1. The lowest BCUT2D eigenvalue weighted by Crippen LogP contribution is -2.49. The van der Waals surface area contributed by atoms with Crippen molar-refractivity contribution in [2.24, 2.45) is 0 Å². The molecule has 0 aliphatic heterocycles. The van der Waals surface area contributed by atoms with Crippen LogP contribution in [0.25, 0.3) is 6.08 Å². The second kappa shape index (κ2) is 7.46. The maximum atomic E-state index is 11.9. The van der Waals surface area contributed by atoms with Crippen molar-refractivity contribution in [2.45, 2.75) is 32.2 Å². The topological polar surface area (TPSA) is 49.3 Å². The second-order valence-corrected chi connectivity index (χ2v) is 5.44. The summed E-state index contributed by atoms with van der Waals surface area (Å²) in [4.78, 5) is 11.9. The van der Waals surface area contributed by atoms with E-state index in [0.717, 1.165) is 10.0 Å². The summed E-state index contributed by atoms with van der Waals surface area (Å²) >= 11 is 3.36. The molecule has 1 aromatic carbocycles. The van der Waals surface area contributed by atoms with Crippen molar-refractivity contribution < 1.29 is 9.90 Å². The number of halogens is 1. The fraction of sp³-hybridized carbons (Fsp3) is 0.400. The number of aliphatic hydroxyl groups is 1. The molecule has 0 bridgehead atoms. The Bertz CT molecular complexity index is 428. The van der Waals surface area contributed by atoms with Crippen LogP contribution in [0.15, 0.2) is 34.8 Å². The molecule has 0 radical (unpaired) electrons. The Morgan fingerprint density at radius 2 is 1.89 bits per heavy atom. The van der Waals surface area contributed by atoms with E-state index in [1.165, 1.54) is 6.08 Å². The molecule has 0 saturated heterocycles. The van der Waals surface area contributed by atoms with E-state index in [1.54, 1.807) is 6.08 Å². The van der Waals surface area contributed by atoms with Crippen molar-refractivity contribution in [3.05, 3.63) is 40.4 Å². The molecule has 0 aliphatic carbocycles. The normalized spacial score (nSPS) is 11.8. The standard InChI is InChI=1S/C15H20BrNO2/c1-3-15(4-2,11-18)17-14(19)10-7-12-5-8-13(16)9-6-12/h5-10,18H,3-4,11H2,1-2H3,(H,17,19). The molecule has 0 heterocycles. The molecule has 104 valence electrons. The van der Waals surface area contributed by atoms with Crippen LogP contribution in [0.5, 0.6) is 0 Å². The molecular weight excluding hydrogens is 306 g/mol. The predicted octanol–water partition coefficient (Wildman–Crippen LogP) is 3.13. The molecule has 4 heteroatoms. The minimum absolute atomic E-state index is 0.0438. The summed E-state index contributed by atoms with van der Waals surface area (Å²) < 4.78 is 1.00. The Labute approximate surface area is 122 Å². The van der Waals surface area contributed by atoms with Crippen LogP contribution in [0, 0.1) is 0 Å². The summed E-state index contributed by atoms with van der Waals surface area (Å²) in [6.07, 6.45) is 4.67. The first-order valence-electron chi connectivity index (χ1n) is 6.42. The molecule has 0 unspecified atom stereocenters. The number of hydrogen-bond donors (Lipinski definition) is 2. The molecular formula is C15H20BrNO2. The fourth-order valence-corrected chi connectivity index (χ4v) is 2.00. The molecule has 1 amide bonds. The van der Waals surface area contributed by atoms with Gasteiger partial charge in [-0.3, -0.25) is 4.79 Å². The Kier molecular flexibility index (Phi) is 6.25. The summed E-state index contributed by atoms with van der Waals surface area (Å²) in [5.74, 6) is -0.180. The molecule has 0 spiro atoms. The minimum atomic E-state index is -0.513. The van der Waals surface area contributed by atoms with Gasteiger partial charge in [-0.1, -0.05) is 41.9 Å². The van der Waals surface area contributed by atoms with E-state index in [-0.39, 0.29) is 12.5 Å².